The summed E-state index contributed by atoms with van der Waals surface area (Å²) in [5, 5.41) is 0. The van der Waals surface area contributed by atoms with E-state index in [1.54, 1.807) is 0 Å². The topological polar surface area (TPSA) is 34.3 Å². The largest absolute Gasteiger partial charge is 0.376 e. The van der Waals surface area contributed by atoms with Gasteiger partial charge in [0.2, 0.25) is 0 Å². The van der Waals surface area contributed by atoms with Gasteiger partial charge in [0, 0.05) is 0 Å². The third-order valence-electron chi connectivity index (χ3n) is 2.33. The minimum atomic E-state index is 0.0869. The minimum absolute atomic E-state index is 0.0869. The van der Waals surface area contributed by atoms with Crippen molar-refractivity contribution in [3.63, 3.8) is 0 Å². The predicted molar refractivity (Wildman–Crippen MR) is 44.2 cm³/mol. The lowest BCUT2D eigenvalue weighted by molar-refractivity contribution is 0.0645. The Morgan fingerprint density at radius 1 is 1.58 bits per heavy atom. The van der Waals surface area contributed by atoms with E-state index in [1.165, 1.54) is 6.42 Å². The van der Waals surface area contributed by atoms with Crippen molar-refractivity contribution in [3.05, 3.63) is 0 Å². The SMILES string of the molecule is CCCC1(COCC2CO2)CO1. The molecular weight excluding hydrogens is 156 g/mol. The summed E-state index contributed by atoms with van der Waals surface area (Å²) in [5.41, 5.74) is 0.0869. The molecule has 0 N–H and O–H groups in total. The van der Waals surface area contributed by atoms with Gasteiger partial charge in [-0.25, -0.2) is 0 Å². The molecule has 2 rings (SSSR count). The molecule has 2 heterocycles. The van der Waals surface area contributed by atoms with E-state index in [4.69, 9.17) is 14.2 Å². The second-order valence-corrected chi connectivity index (χ2v) is 3.69. The average Bonchev–Trinajstić information content (AvgIpc) is 2.87. The van der Waals surface area contributed by atoms with Crippen molar-refractivity contribution in [1.29, 1.82) is 0 Å². The molecule has 0 radical (unpaired) electrons. The summed E-state index contributed by atoms with van der Waals surface area (Å²) >= 11 is 0. The summed E-state index contributed by atoms with van der Waals surface area (Å²) in [6.45, 7) is 5.43. The standard InChI is InChI=1S/C9H16O3/c1-2-3-9(7-12-9)6-10-4-8-5-11-8/h8H,2-7H2,1H3. The highest BCUT2D eigenvalue weighted by Gasteiger charge is 2.44. The molecular formula is C9H16O3. The van der Waals surface area contributed by atoms with E-state index in [0.29, 0.717) is 6.10 Å². The highest BCUT2D eigenvalue weighted by molar-refractivity contribution is 4.91. The smallest absolute Gasteiger partial charge is 0.115 e. The lowest BCUT2D eigenvalue weighted by Crippen LogP contribution is -2.20. The van der Waals surface area contributed by atoms with Gasteiger partial charge in [0.05, 0.1) is 26.4 Å². The van der Waals surface area contributed by atoms with Gasteiger partial charge in [-0.1, -0.05) is 13.3 Å². The van der Waals surface area contributed by atoms with Crippen LogP contribution in [0.5, 0.6) is 0 Å². The van der Waals surface area contributed by atoms with Crippen molar-refractivity contribution in [3.8, 4) is 0 Å². The fourth-order valence-corrected chi connectivity index (χ4v) is 1.40. The first kappa shape index (κ1) is 8.48. The fourth-order valence-electron chi connectivity index (χ4n) is 1.40. The molecule has 2 fully saturated rings. The summed E-state index contributed by atoms with van der Waals surface area (Å²) in [6, 6.07) is 0. The number of rotatable bonds is 6. The first-order chi connectivity index (χ1) is 5.85. The quantitative estimate of drug-likeness (QED) is 0.560. The van der Waals surface area contributed by atoms with Gasteiger partial charge in [-0.2, -0.15) is 0 Å². The van der Waals surface area contributed by atoms with Gasteiger partial charge in [0.1, 0.15) is 11.7 Å². The normalized spacial score (nSPS) is 38.2. The van der Waals surface area contributed by atoms with Crippen molar-refractivity contribution in [2.24, 2.45) is 0 Å². The van der Waals surface area contributed by atoms with Crippen LogP contribution in [-0.2, 0) is 14.2 Å². The van der Waals surface area contributed by atoms with Crippen LogP contribution in [0.2, 0.25) is 0 Å². The van der Waals surface area contributed by atoms with Crippen LogP contribution in [0.25, 0.3) is 0 Å². The zero-order valence-electron chi connectivity index (χ0n) is 7.54. The molecule has 0 amide bonds. The molecule has 2 atom stereocenters. The zero-order valence-corrected chi connectivity index (χ0v) is 7.54. The number of hydrogen-bond acceptors (Lipinski definition) is 3. The van der Waals surface area contributed by atoms with Crippen LogP contribution >= 0.6 is 0 Å². The Balaban J connectivity index is 1.58. The number of ether oxygens (including phenoxy) is 3. The molecule has 3 heteroatoms. The molecule has 2 aliphatic rings. The van der Waals surface area contributed by atoms with Gasteiger partial charge in [0.25, 0.3) is 0 Å². The van der Waals surface area contributed by atoms with Crippen LogP contribution in [0.1, 0.15) is 19.8 Å². The van der Waals surface area contributed by atoms with E-state index in [0.717, 1.165) is 32.8 Å². The summed E-state index contributed by atoms with van der Waals surface area (Å²) in [4.78, 5) is 0. The third kappa shape index (κ3) is 2.19. The summed E-state index contributed by atoms with van der Waals surface area (Å²) < 4.78 is 15.9. The van der Waals surface area contributed by atoms with Crippen LogP contribution in [0.3, 0.4) is 0 Å². The van der Waals surface area contributed by atoms with Crippen LogP contribution in [0, 0.1) is 0 Å². The number of epoxide rings is 2. The van der Waals surface area contributed by atoms with Crippen molar-refractivity contribution < 1.29 is 14.2 Å². The molecule has 2 aliphatic heterocycles. The Labute approximate surface area is 73.0 Å². The van der Waals surface area contributed by atoms with Gasteiger partial charge < -0.3 is 14.2 Å². The zero-order chi connectivity index (χ0) is 8.44. The third-order valence-corrected chi connectivity index (χ3v) is 2.33. The van der Waals surface area contributed by atoms with Crippen molar-refractivity contribution in [1.82, 2.24) is 0 Å². The van der Waals surface area contributed by atoms with E-state index >= 15 is 0 Å². The monoisotopic (exact) mass is 172 g/mol. The molecule has 0 spiro atoms. The molecule has 12 heavy (non-hydrogen) atoms. The van der Waals surface area contributed by atoms with E-state index in [1.807, 2.05) is 0 Å². The minimum Gasteiger partial charge on any atom is -0.376 e. The van der Waals surface area contributed by atoms with Gasteiger partial charge >= 0.3 is 0 Å². The molecule has 2 unspecified atom stereocenters. The molecule has 70 valence electrons. The summed E-state index contributed by atoms with van der Waals surface area (Å²) in [5.74, 6) is 0. The molecule has 0 aromatic carbocycles. The van der Waals surface area contributed by atoms with Gasteiger partial charge in [-0.3, -0.25) is 0 Å². The first-order valence-electron chi connectivity index (χ1n) is 4.68. The Hall–Kier alpha value is -0.120. The average molecular weight is 172 g/mol. The Kier molecular flexibility index (Phi) is 2.35. The summed E-state index contributed by atoms with van der Waals surface area (Å²) in [6.07, 6.45) is 2.67. The van der Waals surface area contributed by atoms with Crippen LogP contribution < -0.4 is 0 Å². The second-order valence-electron chi connectivity index (χ2n) is 3.69. The lowest BCUT2D eigenvalue weighted by atomic mass is 10.1. The van der Waals surface area contributed by atoms with Crippen LogP contribution in [0.4, 0.5) is 0 Å². The highest BCUT2D eigenvalue weighted by Crippen LogP contribution is 2.32. The van der Waals surface area contributed by atoms with Gasteiger partial charge in [-0.05, 0) is 6.42 Å². The van der Waals surface area contributed by atoms with E-state index in [-0.39, 0.29) is 5.60 Å². The first-order valence-corrected chi connectivity index (χ1v) is 4.68. The lowest BCUT2D eigenvalue weighted by Gasteiger charge is -2.09. The Morgan fingerprint density at radius 2 is 2.33 bits per heavy atom. The van der Waals surface area contributed by atoms with Crippen molar-refractivity contribution in [2.75, 3.05) is 26.4 Å². The molecule has 0 aromatic rings. The van der Waals surface area contributed by atoms with Gasteiger partial charge in [-0.15, -0.1) is 0 Å². The van der Waals surface area contributed by atoms with Crippen molar-refractivity contribution >= 4 is 0 Å². The molecule has 0 bridgehead atoms. The molecule has 0 aromatic heterocycles. The Bertz CT molecular complexity index is 150. The van der Waals surface area contributed by atoms with E-state index in [2.05, 4.69) is 6.92 Å². The Morgan fingerprint density at radius 3 is 2.83 bits per heavy atom. The van der Waals surface area contributed by atoms with Crippen LogP contribution in [0.15, 0.2) is 0 Å². The fraction of sp³-hybridized carbons (Fsp3) is 1.00. The number of hydrogen-bond donors (Lipinski definition) is 0. The predicted octanol–water partition coefficient (Wildman–Crippen LogP) is 0.971. The molecule has 2 saturated heterocycles. The molecule has 3 nitrogen and oxygen atoms in total. The van der Waals surface area contributed by atoms with Crippen LogP contribution in [-0.4, -0.2) is 38.1 Å². The molecule has 0 aliphatic carbocycles. The second kappa shape index (κ2) is 3.32. The highest BCUT2D eigenvalue weighted by atomic mass is 16.6. The molecule has 0 saturated carbocycles. The maximum atomic E-state index is 5.49. The van der Waals surface area contributed by atoms with E-state index < -0.39 is 0 Å². The maximum absolute atomic E-state index is 5.49. The summed E-state index contributed by atoms with van der Waals surface area (Å²) in [7, 11) is 0. The van der Waals surface area contributed by atoms with Crippen molar-refractivity contribution in [2.45, 2.75) is 31.5 Å². The van der Waals surface area contributed by atoms with Gasteiger partial charge in [0.15, 0.2) is 0 Å². The maximum Gasteiger partial charge on any atom is 0.115 e. The van der Waals surface area contributed by atoms with E-state index in [9.17, 15) is 0 Å².